The Labute approximate surface area is 193 Å². The van der Waals surface area contributed by atoms with Crippen molar-refractivity contribution in [2.75, 3.05) is 6.61 Å². The molecule has 0 amide bonds. The Morgan fingerprint density at radius 2 is 1.72 bits per heavy atom. The monoisotopic (exact) mass is 453 g/mol. The number of aryl methyl sites for hydroxylation is 2. The predicted molar refractivity (Wildman–Crippen MR) is 124 cm³/mol. The van der Waals surface area contributed by atoms with Gasteiger partial charge < -0.3 is 19.7 Å². The van der Waals surface area contributed by atoms with Gasteiger partial charge in [0.25, 0.3) is 0 Å². The summed E-state index contributed by atoms with van der Waals surface area (Å²) in [6.07, 6.45) is 0.556. The Morgan fingerprint density at radius 3 is 2.41 bits per heavy atom. The molecule has 2 N–H and O–H groups in total. The number of aromatic nitrogens is 1. The van der Waals surface area contributed by atoms with Crippen molar-refractivity contribution in [2.24, 2.45) is 0 Å². The molecule has 5 nitrogen and oxygen atoms in total. The fraction of sp³-hybridized carbons (Fsp3) is 0.346. The predicted octanol–water partition coefficient (Wildman–Crippen LogP) is 5.31. The summed E-state index contributed by atoms with van der Waals surface area (Å²) < 4.78 is 11.9. The van der Waals surface area contributed by atoms with Crippen LogP contribution >= 0.6 is 11.6 Å². The number of aliphatic hydroxyl groups excluding tert-OH is 2. The topological polar surface area (TPSA) is 71.8 Å². The molecule has 0 saturated carbocycles. The molecule has 3 aromatic rings. The van der Waals surface area contributed by atoms with Crippen LogP contribution in [0.3, 0.4) is 0 Å². The molecule has 2 aromatic carbocycles. The molecular weight excluding hydrogens is 426 g/mol. The van der Waals surface area contributed by atoms with Gasteiger partial charge in [-0.05, 0) is 55.2 Å². The van der Waals surface area contributed by atoms with Crippen molar-refractivity contribution < 1.29 is 19.7 Å². The maximum atomic E-state index is 10.1. The van der Waals surface area contributed by atoms with E-state index < -0.39 is 6.10 Å². The summed E-state index contributed by atoms with van der Waals surface area (Å²) in [5.41, 5.74) is 4.90. The van der Waals surface area contributed by atoms with Crippen LogP contribution in [0.5, 0.6) is 11.5 Å². The molecule has 0 radical (unpaired) electrons. The van der Waals surface area contributed by atoms with Gasteiger partial charge in [-0.3, -0.25) is 4.98 Å². The summed E-state index contributed by atoms with van der Waals surface area (Å²) in [6, 6.07) is 17.6. The third kappa shape index (κ3) is 5.67. The average molecular weight is 454 g/mol. The molecule has 1 aromatic heterocycles. The first-order chi connectivity index (χ1) is 15.4. The van der Waals surface area contributed by atoms with E-state index in [9.17, 15) is 10.2 Å². The highest BCUT2D eigenvalue weighted by Crippen LogP contribution is 2.34. The summed E-state index contributed by atoms with van der Waals surface area (Å²) >= 11 is 6.48. The van der Waals surface area contributed by atoms with Crippen LogP contribution in [0.2, 0.25) is 5.02 Å². The number of pyridine rings is 1. The van der Waals surface area contributed by atoms with Gasteiger partial charge in [0.1, 0.15) is 11.5 Å². The number of nitrogens with zero attached hydrogens (tertiary/aromatic N) is 1. The van der Waals surface area contributed by atoms with E-state index in [0.717, 1.165) is 39.6 Å². The van der Waals surface area contributed by atoms with Gasteiger partial charge in [0, 0.05) is 41.4 Å². The van der Waals surface area contributed by atoms with Crippen LogP contribution in [0.15, 0.2) is 54.6 Å². The van der Waals surface area contributed by atoms with E-state index in [2.05, 4.69) is 4.98 Å². The van der Waals surface area contributed by atoms with E-state index in [-0.39, 0.29) is 18.8 Å². The van der Waals surface area contributed by atoms with Crippen molar-refractivity contribution in [3.63, 3.8) is 0 Å². The minimum Gasteiger partial charge on any atom is -0.457 e. The SMILES string of the molecule is Cc1cc(Oc2ccc(Cc3cc([C@H]4C[C@@H](O)C[C@@H](CO)O4)ccc3Cl)cc2)cc(C)n1. The second kappa shape index (κ2) is 10.0. The largest absolute Gasteiger partial charge is 0.457 e. The third-order valence-corrected chi connectivity index (χ3v) is 6.00. The van der Waals surface area contributed by atoms with E-state index in [1.807, 2.05) is 68.4 Å². The van der Waals surface area contributed by atoms with E-state index >= 15 is 0 Å². The van der Waals surface area contributed by atoms with Gasteiger partial charge in [-0.15, -0.1) is 0 Å². The summed E-state index contributed by atoms with van der Waals surface area (Å²) in [5, 5.41) is 20.3. The normalized spacial score (nSPS) is 20.8. The number of rotatable bonds is 6. The zero-order chi connectivity index (χ0) is 22.7. The molecule has 0 bridgehead atoms. The van der Waals surface area contributed by atoms with Crippen molar-refractivity contribution in [3.8, 4) is 11.5 Å². The number of hydrogen-bond acceptors (Lipinski definition) is 5. The van der Waals surface area contributed by atoms with Gasteiger partial charge in [-0.2, -0.15) is 0 Å². The van der Waals surface area contributed by atoms with Crippen LogP contribution in [-0.2, 0) is 11.2 Å². The van der Waals surface area contributed by atoms with Gasteiger partial charge in [0.05, 0.1) is 24.9 Å². The van der Waals surface area contributed by atoms with Gasteiger partial charge in [-0.1, -0.05) is 35.9 Å². The molecule has 0 aliphatic carbocycles. The van der Waals surface area contributed by atoms with Crippen LogP contribution in [0.25, 0.3) is 0 Å². The van der Waals surface area contributed by atoms with Crippen LogP contribution in [0.4, 0.5) is 0 Å². The Kier molecular flexibility index (Phi) is 7.11. The maximum absolute atomic E-state index is 10.1. The Balaban J connectivity index is 1.47. The number of ether oxygens (including phenoxy) is 2. The Morgan fingerprint density at radius 1 is 1.00 bits per heavy atom. The summed E-state index contributed by atoms with van der Waals surface area (Å²) in [4.78, 5) is 4.37. The van der Waals surface area contributed by atoms with E-state index in [4.69, 9.17) is 21.1 Å². The molecule has 0 spiro atoms. The lowest BCUT2D eigenvalue weighted by Gasteiger charge is -2.32. The smallest absolute Gasteiger partial charge is 0.131 e. The zero-order valence-electron chi connectivity index (χ0n) is 18.3. The third-order valence-electron chi connectivity index (χ3n) is 5.63. The van der Waals surface area contributed by atoms with Crippen molar-refractivity contribution in [1.29, 1.82) is 0 Å². The maximum Gasteiger partial charge on any atom is 0.131 e. The average Bonchev–Trinajstić information content (AvgIpc) is 2.75. The molecule has 32 heavy (non-hydrogen) atoms. The van der Waals surface area contributed by atoms with E-state index in [0.29, 0.717) is 24.3 Å². The highest BCUT2D eigenvalue weighted by molar-refractivity contribution is 6.31. The Hall–Kier alpha value is -2.44. The first-order valence-corrected chi connectivity index (χ1v) is 11.2. The molecule has 2 heterocycles. The van der Waals surface area contributed by atoms with Crippen molar-refractivity contribution >= 4 is 11.6 Å². The lowest BCUT2D eigenvalue weighted by Crippen LogP contribution is -2.33. The van der Waals surface area contributed by atoms with Gasteiger partial charge in [-0.25, -0.2) is 0 Å². The Bertz CT molecular complexity index is 1050. The van der Waals surface area contributed by atoms with Crippen LogP contribution < -0.4 is 4.74 Å². The minimum absolute atomic E-state index is 0.0962. The van der Waals surface area contributed by atoms with Crippen LogP contribution in [-0.4, -0.2) is 34.0 Å². The molecule has 1 saturated heterocycles. The van der Waals surface area contributed by atoms with Crippen LogP contribution in [0, 0.1) is 13.8 Å². The first-order valence-electron chi connectivity index (χ1n) is 10.8. The highest BCUT2D eigenvalue weighted by atomic mass is 35.5. The molecule has 168 valence electrons. The summed E-state index contributed by atoms with van der Waals surface area (Å²) in [7, 11) is 0. The number of benzene rings is 2. The van der Waals surface area contributed by atoms with E-state index in [1.165, 1.54) is 0 Å². The fourth-order valence-corrected chi connectivity index (χ4v) is 4.32. The van der Waals surface area contributed by atoms with Crippen molar-refractivity contribution in [2.45, 2.75) is 51.4 Å². The van der Waals surface area contributed by atoms with Gasteiger partial charge in [0.2, 0.25) is 0 Å². The first kappa shape index (κ1) is 22.7. The number of halogens is 1. The molecule has 6 heteroatoms. The molecule has 1 aliphatic heterocycles. The lowest BCUT2D eigenvalue weighted by molar-refractivity contribution is -0.113. The lowest BCUT2D eigenvalue weighted by atomic mass is 9.94. The number of aliphatic hydroxyl groups is 2. The zero-order valence-corrected chi connectivity index (χ0v) is 19.0. The quantitative estimate of drug-likeness (QED) is 0.529. The molecule has 3 atom stereocenters. The van der Waals surface area contributed by atoms with Gasteiger partial charge >= 0.3 is 0 Å². The van der Waals surface area contributed by atoms with Crippen molar-refractivity contribution in [3.05, 3.63) is 87.7 Å². The van der Waals surface area contributed by atoms with Crippen LogP contribution in [0.1, 0.15) is 47.0 Å². The van der Waals surface area contributed by atoms with E-state index in [1.54, 1.807) is 0 Å². The molecule has 4 rings (SSSR count). The molecular formula is C26H28ClNO4. The second-order valence-corrected chi connectivity index (χ2v) is 8.82. The summed E-state index contributed by atoms with van der Waals surface area (Å²) in [6.45, 7) is 3.80. The minimum atomic E-state index is -0.481. The van der Waals surface area contributed by atoms with Crippen molar-refractivity contribution in [1.82, 2.24) is 4.98 Å². The molecule has 1 aliphatic rings. The molecule has 0 unspecified atom stereocenters. The fourth-order valence-electron chi connectivity index (χ4n) is 4.14. The summed E-state index contributed by atoms with van der Waals surface area (Å²) in [5.74, 6) is 1.53. The van der Waals surface area contributed by atoms with Gasteiger partial charge in [0.15, 0.2) is 0 Å². The molecule has 1 fully saturated rings. The second-order valence-electron chi connectivity index (χ2n) is 8.41. The number of hydrogen-bond donors (Lipinski definition) is 2. The highest BCUT2D eigenvalue weighted by Gasteiger charge is 2.29. The standard InChI is InChI=1S/C26H28ClNO4/c1-16-9-23(10-17(2)28-16)31-22-6-3-18(4-7-22)11-20-12-19(5-8-25(20)27)26-14-21(30)13-24(15-29)32-26/h3-10,12,21,24,26,29-30H,11,13-15H2,1-2H3/t21-,24-,26+/m0/s1.